The van der Waals surface area contributed by atoms with Gasteiger partial charge in [-0.3, -0.25) is 0 Å². The molecule has 0 bridgehead atoms. The quantitative estimate of drug-likeness (QED) is 0.525. The summed E-state index contributed by atoms with van der Waals surface area (Å²) >= 11 is 0. The third kappa shape index (κ3) is 2.53. The van der Waals surface area contributed by atoms with E-state index in [-0.39, 0.29) is 6.10 Å². The maximum atomic E-state index is 11.6. The van der Waals surface area contributed by atoms with Gasteiger partial charge in [-0.1, -0.05) is 29.4 Å². The van der Waals surface area contributed by atoms with Crippen molar-refractivity contribution in [1.82, 2.24) is 0 Å². The van der Waals surface area contributed by atoms with Crippen LogP contribution in [0.15, 0.2) is 53.7 Å². The van der Waals surface area contributed by atoms with Gasteiger partial charge in [-0.25, -0.2) is 4.79 Å². The fourth-order valence-electron chi connectivity index (χ4n) is 2.55. The van der Waals surface area contributed by atoms with Gasteiger partial charge in [-0.2, -0.15) is 0 Å². The van der Waals surface area contributed by atoms with E-state index in [1.54, 1.807) is 18.2 Å². The van der Waals surface area contributed by atoms with Crippen molar-refractivity contribution >= 4 is 11.7 Å². The number of fused-ring (bicyclic) bond motifs is 1. The molecule has 2 aromatic carbocycles. The minimum atomic E-state index is -0.394. The standard InChI is InChI=1S/C17H15NO4/c1-21-17(19)12-6-4-5-11(9-12)16-10-14(18-20)13-7-2-3-8-15(13)22-16/h2-9,16,20H,10H2,1H3/t16-/m1/s1. The largest absolute Gasteiger partial charge is 0.485 e. The molecule has 5 nitrogen and oxygen atoms in total. The number of ether oxygens (including phenoxy) is 2. The van der Waals surface area contributed by atoms with E-state index in [1.807, 2.05) is 30.3 Å². The van der Waals surface area contributed by atoms with Crippen molar-refractivity contribution in [3.8, 4) is 5.75 Å². The number of rotatable bonds is 2. The van der Waals surface area contributed by atoms with Crippen LogP contribution >= 0.6 is 0 Å². The van der Waals surface area contributed by atoms with Crippen molar-refractivity contribution in [2.45, 2.75) is 12.5 Å². The first-order valence-corrected chi connectivity index (χ1v) is 6.88. The SMILES string of the molecule is COC(=O)c1cccc([C@H]2CC(=NO)c3ccccc3O2)c1. The van der Waals surface area contributed by atoms with Crippen molar-refractivity contribution < 1.29 is 19.5 Å². The van der Waals surface area contributed by atoms with E-state index in [9.17, 15) is 10.0 Å². The molecule has 0 fully saturated rings. The summed E-state index contributed by atoms with van der Waals surface area (Å²) in [6.45, 7) is 0. The lowest BCUT2D eigenvalue weighted by Crippen LogP contribution is -2.21. The van der Waals surface area contributed by atoms with E-state index in [4.69, 9.17) is 9.47 Å². The molecule has 0 aliphatic carbocycles. The second-order valence-corrected chi connectivity index (χ2v) is 4.97. The molecule has 2 aromatic rings. The van der Waals surface area contributed by atoms with Gasteiger partial charge < -0.3 is 14.7 Å². The van der Waals surface area contributed by atoms with Gasteiger partial charge in [0.05, 0.1) is 18.4 Å². The highest BCUT2D eigenvalue weighted by Crippen LogP contribution is 2.35. The first-order valence-electron chi connectivity index (χ1n) is 6.88. The molecular weight excluding hydrogens is 282 g/mol. The molecule has 3 rings (SSSR count). The minimum Gasteiger partial charge on any atom is -0.485 e. The Morgan fingerprint density at radius 2 is 2.09 bits per heavy atom. The van der Waals surface area contributed by atoms with Gasteiger partial charge in [0.25, 0.3) is 0 Å². The molecule has 22 heavy (non-hydrogen) atoms. The van der Waals surface area contributed by atoms with Crippen LogP contribution in [0.3, 0.4) is 0 Å². The van der Waals surface area contributed by atoms with E-state index in [1.165, 1.54) is 7.11 Å². The Kier molecular flexibility index (Phi) is 3.78. The van der Waals surface area contributed by atoms with Gasteiger partial charge in [-0.15, -0.1) is 0 Å². The van der Waals surface area contributed by atoms with E-state index in [0.717, 1.165) is 11.1 Å². The van der Waals surface area contributed by atoms with Gasteiger partial charge >= 0.3 is 5.97 Å². The third-order valence-electron chi connectivity index (χ3n) is 3.65. The zero-order chi connectivity index (χ0) is 15.5. The molecular formula is C17H15NO4. The monoisotopic (exact) mass is 297 g/mol. The zero-order valence-corrected chi connectivity index (χ0v) is 12.0. The van der Waals surface area contributed by atoms with E-state index in [0.29, 0.717) is 23.4 Å². The summed E-state index contributed by atoms with van der Waals surface area (Å²) in [7, 11) is 1.35. The summed E-state index contributed by atoms with van der Waals surface area (Å²) < 4.78 is 10.7. The molecule has 5 heteroatoms. The number of nitrogens with zero attached hydrogens (tertiary/aromatic N) is 1. The zero-order valence-electron chi connectivity index (χ0n) is 12.0. The molecule has 0 radical (unpaired) electrons. The molecule has 1 aliphatic rings. The van der Waals surface area contributed by atoms with E-state index in [2.05, 4.69) is 5.16 Å². The average Bonchev–Trinajstić information content (AvgIpc) is 2.60. The van der Waals surface area contributed by atoms with Gasteiger partial charge in [0.2, 0.25) is 0 Å². The highest BCUT2D eigenvalue weighted by molar-refractivity contribution is 6.03. The number of oxime groups is 1. The minimum absolute atomic E-state index is 0.314. The van der Waals surface area contributed by atoms with Crippen LogP contribution in [0.25, 0.3) is 0 Å². The molecule has 1 N–H and O–H groups in total. The lowest BCUT2D eigenvalue weighted by molar-refractivity contribution is 0.0600. The highest BCUT2D eigenvalue weighted by Gasteiger charge is 2.26. The van der Waals surface area contributed by atoms with Gasteiger partial charge in [0.1, 0.15) is 11.9 Å². The first-order chi connectivity index (χ1) is 10.7. The second kappa shape index (κ2) is 5.89. The summed E-state index contributed by atoms with van der Waals surface area (Å²) in [5.74, 6) is 0.268. The van der Waals surface area contributed by atoms with E-state index >= 15 is 0 Å². The van der Waals surface area contributed by atoms with Crippen LogP contribution in [0, 0.1) is 0 Å². The number of esters is 1. The number of hydrogen-bond donors (Lipinski definition) is 1. The van der Waals surface area contributed by atoms with Crippen LogP contribution < -0.4 is 4.74 Å². The van der Waals surface area contributed by atoms with E-state index < -0.39 is 5.97 Å². The molecule has 1 aliphatic heterocycles. The Bertz CT molecular complexity index is 739. The summed E-state index contributed by atoms with van der Waals surface area (Å²) in [6, 6.07) is 14.5. The van der Waals surface area contributed by atoms with Crippen LogP contribution in [-0.2, 0) is 4.74 Å². The van der Waals surface area contributed by atoms with Crippen LogP contribution in [0.5, 0.6) is 5.75 Å². The summed E-state index contributed by atoms with van der Waals surface area (Å²) in [6.07, 6.45) is 0.114. The Hall–Kier alpha value is -2.82. The molecule has 0 amide bonds. The molecule has 0 unspecified atom stereocenters. The van der Waals surface area contributed by atoms with Gasteiger partial charge in [0.15, 0.2) is 0 Å². The lowest BCUT2D eigenvalue weighted by atomic mass is 9.95. The van der Waals surface area contributed by atoms with Crippen molar-refractivity contribution in [1.29, 1.82) is 0 Å². The predicted molar refractivity (Wildman–Crippen MR) is 80.5 cm³/mol. The fourth-order valence-corrected chi connectivity index (χ4v) is 2.55. The summed E-state index contributed by atoms with van der Waals surface area (Å²) in [5.41, 5.74) is 2.64. The van der Waals surface area contributed by atoms with Gasteiger partial charge in [-0.05, 0) is 29.8 Å². The number of methoxy groups -OCH3 is 1. The molecule has 0 saturated heterocycles. The van der Waals surface area contributed by atoms with Crippen molar-refractivity contribution in [2.24, 2.45) is 5.16 Å². The molecule has 1 atom stereocenters. The smallest absolute Gasteiger partial charge is 0.337 e. The maximum absolute atomic E-state index is 11.6. The van der Waals surface area contributed by atoms with Crippen molar-refractivity contribution in [2.75, 3.05) is 7.11 Å². The van der Waals surface area contributed by atoms with Crippen molar-refractivity contribution in [3.63, 3.8) is 0 Å². The Balaban J connectivity index is 1.96. The number of carbonyl (C=O) groups is 1. The Morgan fingerprint density at radius 1 is 1.27 bits per heavy atom. The predicted octanol–water partition coefficient (Wildman–Crippen LogP) is 3.18. The van der Waals surface area contributed by atoms with Crippen LogP contribution in [0.2, 0.25) is 0 Å². The topological polar surface area (TPSA) is 68.1 Å². The Labute approximate surface area is 127 Å². The van der Waals surface area contributed by atoms with Crippen LogP contribution in [0.4, 0.5) is 0 Å². The number of benzene rings is 2. The molecule has 112 valence electrons. The lowest BCUT2D eigenvalue weighted by Gasteiger charge is -2.27. The first kappa shape index (κ1) is 14.1. The number of carbonyl (C=O) groups excluding carboxylic acids is 1. The number of hydrogen-bond acceptors (Lipinski definition) is 5. The van der Waals surface area contributed by atoms with Crippen LogP contribution in [-0.4, -0.2) is 24.0 Å². The molecule has 1 heterocycles. The highest BCUT2D eigenvalue weighted by atomic mass is 16.5. The van der Waals surface area contributed by atoms with Crippen LogP contribution in [0.1, 0.15) is 34.0 Å². The molecule has 0 saturated carbocycles. The normalized spacial score (nSPS) is 18.4. The summed E-state index contributed by atoms with van der Waals surface area (Å²) in [4.78, 5) is 11.6. The third-order valence-corrected chi connectivity index (χ3v) is 3.65. The molecule has 0 aromatic heterocycles. The average molecular weight is 297 g/mol. The molecule has 0 spiro atoms. The van der Waals surface area contributed by atoms with Gasteiger partial charge in [0, 0.05) is 12.0 Å². The fraction of sp³-hybridized carbons (Fsp3) is 0.176. The summed E-state index contributed by atoms with van der Waals surface area (Å²) in [5, 5.41) is 12.6. The van der Waals surface area contributed by atoms with Crippen molar-refractivity contribution in [3.05, 3.63) is 65.2 Å². The second-order valence-electron chi connectivity index (χ2n) is 4.97. The maximum Gasteiger partial charge on any atom is 0.337 e. The Morgan fingerprint density at radius 3 is 2.86 bits per heavy atom. The number of para-hydroxylation sites is 1.